The molecule has 138 valence electrons. The number of benzene rings is 2. The molecule has 0 aliphatic heterocycles. The summed E-state index contributed by atoms with van der Waals surface area (Å²) in [6, 6.07) is 14.1. The van der Waals surface area contributed by atoms with Gasteiger partial charge in [0.05, 0.1) is 7.11 Å². The van der Waals surface area contributed by atoms with Crippen molar-refractivity contribution in [3.8, 4) is 11.5 Å². The van der Waals surface area contributed by atoms with Crippen LogP contribution >= 0.6 is 0 Å². The lowest BCUT2D eigenvalue weighted by Gasteiger charge is -2.12. The Morgan fingerprint density at radius 1 is 1.19 bits per heavy atom. The first-order valence-electron chi connectivity index (χ1n) is 7.87. The Balaban J connectivity index is 2.40. The highest BCUT2D eigenvalue weighted by atomic mass is 16.5. The standard InChI is InChI=1S/C19H17N3O5/c1-13(23)27-16-9-8-15(10-17(21-22-20)19(24)25-2)18(11-16)26-12-14-6-4-3-5-7-14/h3-11H,12H2,1-2H3/b17-10-. The topological polar surface area (TPSA) is 111 Å². The molecule has 0 amide bonds. The molecule has 0 bridgehead atoms. The van der Waals surface area contributed by atoms with Gasteiger partial charge in [-0.1, -0.05) is 35.4 Å². The Morgan fingerprint density at radius 2 is 1.93 bits per heavy atom. The van der Waals surface area contributed by atoms with Crippen molar-refractivity contribution in [3.05, 3.63) is 75.8 Å². The number of ether oxygens (including phenoxy) is 3. The van der Waals surface area contributed by atoms with Crippen molar-refractivity contribution in [1.82, 2.24) is 0 Å². The summed E-state index contributed by atoms with van der Waals surface area (Å²) in [5.74, 6) is -0.638. The Bertz CT molecular complexity index is 903. The third kappa shape index (κ3) is 5.91. The highest BCUT2D eigenvalue weighted by Gasteiger charge is 2.12. The number of hydrogen-bond acceptors (Lipinski definition) is 6. The number of rotatable bonds is 7. The molecule has 2 aromatic rings. The van der Waals surface area contributed by atoms with Crippen LogP contribution < -0.4 is 9.47 Å². The van der Waals surface area contributed by atoms with Gasteiger partial charge in [-0.05, 0) is 29.3 Å². The first-order valence-corrected chi connectivity index (χ1v) is 7.87. The van der Waals surface area contributed by atoms with E-state index in [0.29, 0.717) is 11.3 Å². The Labute approximate surface area is 155 Å². The molecular weight excluding hydrogens is 350 g/mol. The highest BCUT2D eigenvalue weighted by molar-refractivity contribution is 5.93. The maximum absolute atomic E-state index is 11.7. The van der Waals surface area contributed by atoms with Gasteiger partial charge in [-0.2, -0.15) is 0 Å². The fraction of sp³-hybridized carbons (Fsp3) is 0.158. The van der Waals surface area contributed by atoms with Gasteiger partial charge >= 0.3 is 11.9 Å². The molecule has 2 rings (SSSR count). The maximum atomic E-state index is 11.7. The molecule has 0 saturated heterocycles. The molecule has 0 radical (unpaired) electrons. The van der Waals surface area contributed by atoms with Crippen molar-refractivity contribution >= 4 is 18.0 Å². The van der Waals surface area contributed by atoms with Crippen molar-refractivity contribution in [1.29, 1.82) is 0 Å². The molecule has 0 saturated carbocycles. The van der Waals surface area contributed by atoms with E-state index in [9.17, 15) is 9.59 Å². The van der Waals surface area contributed by atoms with Crippen molar-refractivity contribution < 1.29 is 23.8 Å². The van der Waals surface area contributed by atoms with Gasteiger partial charge in [0.25, 0.3) is 0 Å². The quantitative estimate of drug-likeness (QED) is 0.183. The fourth-order valence-corrected chi connectivity index (χ4v) is 2.15. The molecule has 0 atom stereocenters. The van der Waals surface area contributed by atoms with E-state index in [1.54, 1.807) is 6.07 Å². The predicted molar refractivity (Wildman–Crippen MR) is 97.7 cm³/mol. The number of nitrogens with zero attached hydrogens (tertiary/aromatic N) is 3. The summed E-state index contributed by atoms with van der Waals surface area (Å²) in [6.07, 6.45) is 1.34. The zero-order valence-corrected chi connectivity index (χ0v) is 14.8. The second-order valence-corrected chi connectivity index (χ2v) is 5.28. The molecule has 2 aromatic carbocycles. The minimum Gasteiger partial charge on any atom is -0.488 e. The number of methoxy groups -OCH3 is 1. The smallest absolute Gasteiger partial charge is 0.340 e. The predicted octanol–water partition coefficient (Wildman–Crippen LogP) is 4.02. The van der Waals surface area contributed by atoms with E-state index in [0.717, 1.165) is 5.56 Å². The van der Waals surface area contributed by atoms with Crippen LogP contribution in [0.4, 0.5) is 0 Å². The summed E-state index contributed by atoms with van der Waals surface area (Å²) in [4.78, 5) is 25.6. The van der Waals surface area contributed by atoms with Crippen LogP contribution in [0.1, 0.15) is 18.1 Å². The molecular formula is C19H17N3O5. The van der Waals surface area contributed by atoms with Gasteiger partial charge in [0.15, 0.2) is 0 Å². The molecule has 0 fully saturated rings. The van der Waals surface area contributed by atoms with Crippen LogP contribution in [0.3, 0.4) is 0 Å². The van der Waals surface area contributed by atoms with Crippen molar-refractivity contribution in [2.45, 2.75) is 13.5 Å². The van der Waals surface area contributed by atoms with Crippen LogP contribution in [0.5, 0.6) is 11.5 Å². The van der Waals surface area contributed by atoms with Gasteiger partial charge in [-0.15, -0.1) is 0 Å². The normalized spacial score (nSPS) is 10.5. The molecule has 0 aromatic heterocycles. The minimum atomic E-state index is -0.786. The molecule has 8 nitrogen and oxygen atoms in total. The zero-order chi connectivity index (χ0) is 19.6. The van der Waals surface area contributed by atoms with E-state index in [1.165, 1.54) is 32.2 Å². The lowest BCUT2D eigenvalue weighted by atomic mass is 10.1. The third-order valence-electron chi connectivity index (χ3n) is 3.32. The van der Waals surface area contributed by atoms with Gasteiger partial charge in [0.2, 0.25) is 0 Å². The van der Waals surface area contributed by atoms with Gasteiger partial charge in [-0.3, -0.25) is 4.79 Å². The first kappa shape index (κ1) is 19.6. The molecule has 0 aliphatic rings. The second kappa shape index (κ2) is 9.65. The molecule has 0 heterocycles. The van der Waals surface area contributed by atoms with Gasteiger partial charge in [0.1, 0.15) is 23.8 Å². The highest BCUT2D eigenvalue weighted by Crippen LogP contribution is 2.28. The summed E-state index contributed by atoms with van der Waals surface area (Å²) in [7, 11) is 1.18. The van der Waals surface area contributed by atoms with E-state index in [2.05, 4.69) is 14.8 Å². The Morgan fingerprint density at radius 3 is 2.56 bits per heavy atom. The van der Waals surface area contributed by atoms with Crippen molar-refractivity contribution in [2.75, 3.05) is 7.11 Å². The van der Waals surface area contributed by atoms with Gasteiger partial charge in [0, 0.05) is 23.5 Å². The Hall–Kier alpha value is -3.77. The lowest BCUT2D eigenvalue weighted by Crippen LogP contribution is -2.04. The van der Waals surface area contributed by atoms with E-state index in [1.807, 2.05) is 30.3 Å². The summed E-state index contributed by atoms with van der Waals surface area (Å²) >= 11 is 0. The fourth-order valence-electron chi connectivity index (χ4n) is 2.15. The van der Waals surface area contributed by atoms with E-state index < -0.39 is 11.9 Å². The minimum absolute atomic E-state index is 0.232. The maximum Gasteiger partial charge on any atom is 0.340 e. The van der Waals surface area contributed by atoms with Crippen LogP contribution in [0.25, 0.3) is 16.5 Å². The zero-order valence-electron chi connectivity index (χ0n) is 14.8. The van der Waals surface area contributed by atoms with Crippen molar-refractivity contribution in [2.24, 2.45) is 5.11 Å². The van der Waals surface area contributed by atoms with Gasteiger partial charge < -0.3 is 14.2 Å². The average Bonchev–Trinajstić information content (AvgIpc) is 2.67. The number of esters is 2. The summed E-state index contributed by atoms with van der Waals surface area (Å²) < 4.78 is 15.5. The second-order valence-electron chi connectivity index (χ2n) is 5.28. The molecule has 0 spiro atoms. The molecule has 0 unspecified atom stereocenters. The number of hydrogen-bond donors (Lipinski definition) is 0. The first-order chi connectivity index (χ1) is 13.0. The van der Waals surface area contributed by atoms with E-state index in [4.69, 9.17) is 15.0 Å². The summed E-state index contributed by atoms with van der Waals surface area (Å²) in [6.45, 7) is 1.54. The monoisotopic (exact) mass is 367 g/mol. The molecule has 8 heteroatoms. The molecule has 0 N–H and O–H groups in total. The SMILES string of the molecule is COC(=O)/C(=C/c1ccc(OC(C)=O)cc1OCc1ccccc1)N=[N+]=[N-]. The largest absolute Gasteiger partial charge is 0.488 e. The third-order valence-corrected chi connectivity index (χ3v) is 3.32. The van der Waals surface area contributed by atoms with E-state index in [-0.39, 0.29) is 18.1 Å². The van der Waals surface area contributed by atoms with Crippen LogP contribution in [0, 0.1) is 0 Å². The van der Waals surface area contributed by atoms with Crippen LogP contribution in [0.2, 0.25) is 0 Å². The van der Waals surface area contributed by atoms with Crippen LogP contribution in [0.15, 0.2) is 59.3 Å². The van der Waals surface area contributed by atoms with E-state index >= 15 is 0 Å². The van der Waals surface area contributed by atoms with Gasteiger partial charge in [-0.25, -0.2) is 4.79 Å². The van der Waals surface area contributed by atoms with Crippen LogP contribution in [-0.2, 0) is 20.9 Å². The number of azide groups is 1. The molecule has 0 aliphatic carbocycles. The Kier molecular flexibility index (Phi) is 6.99. The summed E-state index contributed by atoms with van der Waals surface area (Å²) in [5, 5.41) is 3.35. The summed E-state index contributed by atoms with van der Waals surface area (Å²) in [5.41, 5.74) is 9.79. The number of carbonyl (C=O) groups excluding carboxylic acids is 2. The van der Waals surface area contributed by atoms with Crippen LogP contribution in [-0.4, -0.2) is 19.0 Å². The van der Waals surface area contributed by atoms with Crippen molar-refractivity contribution in [3.63, 3.8) is 0 Å². The number of carbonyl (C=O) groups is 2. The lowest BCUT2D eigenvalue weighted by molar-refractivity contribution is -0.136. The average molecular weight is 367 g/mol. The molecule has 27 heavy (non-hydrogen) atoms.